The molecule has 1 aliphatic heterocycles. The first kappa shape index (κ1) is 16.7. The van der Waals surface area contributed by atoms with E-state index in [1.54, 1.807) is 6.92 Å². The number of anilines is 1. The zero-order valence-corrected chi connectivity index (χ0v) is 14.5. The van der Waals surface area contributed by atoms with Crippen molar-refractivity contribution in [1.82, 2.24) is 0 Å². The minimum absolute atomic E-state index is 0.112. The van der Waals surface area contributed by atoms with Gasteiger partial charge in [-0.1, -0.05) is 13.8 Å². The summed E-state index contributed by atoms with van der Waals surface area (Å²) in [6.07, 6.45) is 1.99. The summed E-state index contributed by atoms with van der Waals surface area (Å²) in [4.78, 5) is 26.6. The van der Waals surface area contributed by atoms with Crippen LogP contribution in [0.5, 0.6) is 0 Å². The van der Waals surface area contributed by atoms with E-state index in [0.29, 0.717) is 11.4 Å². The fourth-order valence-electron chi connectivity index (χ4n) is 3.22. The Labute approximate surface area is 140 Å². The Morgan fingerprint density at radius 2 is 1.88 bits per heavy atom. The van der Waals surface area contributed by atoms with E-state index in [1.165, 1.54) is 6.92 Å². The standard InChI is InChI=1S/C19H22FNO3/c1-11-16(23)15-10-13(20)9-14(12(2)22)17(15)24-18(11)21-7-5-19(3,4)6-8-21/h9-10H,5-8H2,1-4H3. The molecule has 0 radical (unpaired) electrons. The van der Waals surface area contributed by atoms with Gasteiger partial charge in [0.2, 0.25) is 5.88 Å². The predicted molar refractivity (Wildman–Crippen MR) is 92.4 cm³/mol. The van der Waals surface area contributed by atoms with Crippen molar-refractivity contribution in [3.63, 3.8) is 0 Å². The molecule has 1 aromatic carbocycles. The number of rotatable bonds is 2. The van der Waals surface area contributed by atoms with Crippen LogP contribution in [0.25, 0.3) is 11.0 Å². The molecule has 4 nitrogen and oxygen atoms in total. The monoisotopic (exact) mass is 331 g/mol. The molecule has 0 N–H and O–H groups in total. The quantitative estimate of drug-likeness (QED) is 0.779. The number of carbonyl (C=O) groups excluding carboxylic acids is 1. The molecule has 1 fully saturated rings. The summed E-state index contributed by atoms with van der Waals surface area (Å²) in [5, 5.41) is 0.124. The van der Waals surface area contributed by atoms with Crippen LogP contribution in [0.2, 0.25) is 0 Å². The summed E-state index contributed by atoms with van der Waals surface area (Å²) < 4.78 is 19.7. The maximum absolute atomic E-state index is 13.8. The van der Waals surface area contributed by atoms with Crippen LogP contribution in [-0.4, -0.2) is 18.9 Å². The highest BCUT2D eigenvalue weighted by molar-refractivity contribution is 6.05. The van der Waals surface area contributed by atoms with Crippen molar-refractivity contribution in [2.45, 2.75) is 40.5 Å². The highest BCUT2D eigenvalue weighted by atomic mass is 19.1. The number of ketones is 1. The van der Waals surface area contributed by atoms with Crippen LogP contribution in [0.15, 0.2) is 21.3 Å². The second-order valence-electron chi connectivity index (χ2n) is 7.40. The third-order valence-corrected chi connectivity index (χ3v) is 4.94. The number of fused-ring (bicyclic) bond motifs is 1. The van der Waals surface area contributed by atoms with Gasteiger partial charge in [0.15, 0.2) is 16.8 Å². The topological polar surface area (TPSA) is 50.5 Å². The molecular formula is C19H22FNO3. The van der Waals surface area contributed by atoms with Crippen molar-refractivity contribution in [3.8, 4) is 0 Å². The van der Waals surface area contributed by atoms with Gasteiger partial charge in [-0.3, -0.25) is 9.59 Å². The number of benzene rings is 1. The van der Waals surface area contributed by atoms with Crippen molar-refractivity contribution >= 4 is 22.6 Å². The number of piperidine rings is 1. The Kier molecular flexibility index (Phi) is 3.98. The van der Waals surface area contributed by atoms with Gasteiger partial charge in [0.1, 0.15) is 5.82 Å². The van der Waals surface area contributed by atoms with Crippen LogP contribution >= 0.6 is 0 Å². The van der Waals surface area contributed by atoms with Gasteiger partial charge in [-0.2, -0.15) is 0 Å². The highest BCUT2D eigenvalue weighted by Gasteiger charge is 2.28. The molecule has 0 bridgehead atoms. The molecule has 128 valence electrons. The molecule has 2 aromatic rings. The second-order valence-corrected chi connectivity index (χ2v) is 7.40. The fourth-order valence-corrected chi connectivity index (χ4v) is 3.22. The van der Waals surface area contributed by atoms with Crippen molar-refractivity contribution in [2.24, 2.45) is 5.41 Å². The Hall–Kier alpha value is -2.17. The Bertz CT molecular complexity index is 872. The van der Waals surface area contributed by atoms with Gasteiger partial charge in [0.25, 0.3) is 0 Å². The first-order valence-electron chi connectivity index (χ1n) is 8.22. The molecule has 0 saturated carbocycles. The number of hydrogen-bond acceptors (Lipinski definition) is 4. The largest absolute Gasteiger partial charge is 0.439 e. The molecule has 0 atom stereocenters. The number of hydrogen-bond donors (Lipinski definition) is 0. The first-order chi connectivity index (χ1) is 11.2. The Morgan fingerprint density at radius 1 is 1.25 bits per heavy atom. The molecular weight excluding hydrogens is 309 g/mol. The number of halogens is 1. The van der Waals surface area contributed by atoms with Gasteiger partial charge in [-0.25, -0.2) is 4.39 Å². The summed E-state index contributed by atoms with van der Waals surface area (Å²) in [7, 11) is 0. The average molecular weight is 331 g/mol. The summed E-state index contributed by atoms with van der Waals surface area (Å²) in [6, 6.07) is 2.27. The van der Waals surface area contributed by atoms with Gasteiger partial charge in [-0.05, 0) is 44.2 Å². The lowest BCUT2D eigenvalue weighted by atomic mass is 9.82. The van der Waals surface area contributed by atoms with Crippen LogP contribution in [0.4, 0.5) is 10.3 Å². The maximum Gasteiger partial charge on any atom is 0.202 e. The summed E-state index contributed by atoms with van der Waals surface area (Å²) in [6.45, 7) is 9.07. The van der Waals surface area contributed by atoms with Crippen molar-refractivity contribution < 1.29 is 13.6 Å². The Balaban J connectivity index is 2.18. The van der Waals surface area contributed by atoms with E-state index in [1.807, 2.05) is 0 Å². The predicted octanol–water partition coefficient (Wildman–Crippen LogP) is 4.07. The van der Waals surface area contributed by atoms with Crippen molar-refractivity contribution in [1.29, 1.82) is 0 Å². The second kappa shape index (κ2) is 5.72. The molecule has 5 heteroatoms. The first-order valence-corrected chi connectivity index (χ1v) is 8.22. The molecule has 2 heterocycles. The van der Waals surface area contributed by atoms with Crippen LogP contribution in [0, 0.1) is 18.2 Å². The third kappa shape index (κ3) is 2.83. The number of carbonyl (C=O) groups is 1. The zero-order chi connectivity index (χ0) is 17.6. The number of Topliss-reactive ketones (excluding diaryl/α,β-unsaturated/α-hetero) is 1. The summed E-state index contributed by atoms with van der Waals surface area (Å²) >= 11 is 0. The molecule has 0 amide bonds. The third-order valence-electron chi connectivity index (χ3n) is 4.94. The molecule has 1 aromatic heterocycles. The summed E-state index contributed by atoms with van der Waals surface area (Å²) in [5.74, 6) is -0.429. The van der Waals surface area contributed by atoms with Crippen LogP contribution in [0.3, 0.4) is 0 Å². The van der Waals surface area contributed by atoms with E-state index < -0.39 is 5.82 Å². The SMILES string of the molecule is CC(=O)c1cc(F)cc2c(=O)c(C)c(N3CCC(C)(C)CC3)oc12. The van der Waals surface area contributed by atoms with Gasteiger partial charge >= 0.3 is 0 Å². The molecule has 3 rings (SSSR count). The van der Waals surface area contributed by atoms with E-state index in [2.05, 4.69) is 18.7 Å². The van der Waals surface area contributed by atoms with Crippen LogP contribution < -0.4 is 10.3 Å². The summed E-state index contributed by atoms with van der Waals surface area (Å²) in [5.41, 5.74) is 0.746. The van der Waals surface area contributed by atoms with Gasteiger partial charge in [-0.15, -0.1) is 0 Å². The van der Waals surface area contributed by atoms with E-state index in [0.717, 1.165) is 38.1 Å². The Morgan fingerprint density at radius 3 is 2.46 bits per heavy atom. The molecule has 1 saturated heterocycles. The van der Waals surface area contributed by atoms with E-state index in [9.17, 15) is 14.0 Å². The van der Waals surface area contributed by atoms with Gasteiger partial charge in [0, 0.05) is 13.1 Å². The van der Waals surface area contributed by atoms with Crippen molar-refractivity contribution in [3.05, 3.63) is 39.3 Å². The maximum atomic E-state index is 13.8. The average Bonchev–Trinajstić information content (AvgIpc) is 2.51. The smallest absolute Gasteiger partial charge is 0.202 e. The zero-order valence-electron chi connectivity index (χ0n) is 14.5. The lowest BCUT2D eigenvalue weighted by molar-refractivity contribution is 0.101. The highest BCUT2D eigenvalue weighted by Crippen LogP contribution is 2.34. The van der Waals surface area contributed by atoms with Crippen LogP contribution in [0.1, 0.15) is 49.5 Å². The molecule has 0 spiro atoms. The number of nitrogens with zero attached hydrogens (tertiary/aromatic N) is 1. The van der Waals surface area contributed by atoms with E-state index >= 15 is 0 Å². The van der Waals surface area contributed by atoms with Gasteiger partial charge < -0.3 is 9.32 Å². The van der Waals surface area contributed by atoms with E-state index in [4.69, 9.17) is 4.42 Å². The van der Waals surface area contributed by atoms with Crippen molar-refractivity contribution in [2.75, 3.05) is 18.0 Å². The molecule has 1 aliphatic rings. The molecule has 24 heavy (non-hydrogen) atoms. The van der Waals surface area contributed by atoms with E-state index in [-0.39, 0.29) is 33.2 Å². The minimum atomic E-state index is -0.605. The molecule has 0 unspecified atom stereocenters. The normalized spacial score (nSPS) is 17.3. The van der Waals surface area contributed by atoms with Gasteiger partial charge in [0.05, 0.1) is 16.5 Å². The molecule has 0 aliphatic carbocycles. The lowest BCUT2D eigenvalue weighted by Crippen LogP contribution is -2.38. The van der Waals surface area contributed by atoms with Crippen LogP contribution in [-0.2, 0) is 0 Å². The minimum Gasteiger partial charge on any atom is -0.439 e. The lowest BCUT2D eigenvalue weighted by Gasteiger charge is -2.37. The fraction of sp³-hybridized carbons (Fsp3) is 0.474.